The van der Waals surface area contributed by atoms with E-state index in [4.69, 9.17) is 11.6 Å². The van der Waals surface area contributed by atoms with Crippen molar-refractivity contribution < 1.29 is 13.2 Å². The Balaban J connectivity index is 1.71. The van der Waals surface area contributed by atoms with Crippen LogP contribution < -0.4 is 5.32 Å². The van der Waals surface area contributed by atoms with Crippen molar-refractivity contribution in [2.45, 2.75) is 31.6 Å². The predicted octanol–water partition coefficient (Wildman–Crippen LogP) is 4.36. The fourth-order valence-electron chi connectivity index (χ4n) is 3.19. The predicted molar refractivity (Wildman–Crippen MR) is 113 cm³/mol. The number of hydrogen-bond donors (Lipinski definition) is 1. The molecule has 2 aromatic rings. The summed E-state index contributed by atoms with van der Waals surface area (Å²) >= 11 is 6.10. The Morgan fingerprint density at radius 3 is 2.57 bits per heavy atom. The zero-order valence-corrected chi connectivity index (χ0v) is 17.7. The van der Waals surface area contributed by atoms with Crippen molar-refractivity contribution in [1.29, 1.82) is 0 Å². The molecule has 0 aliphatic carbocycles. The third kappa shape index (κ3) is 4.74. The highest BCUT2D eigenvalue weighted by molar-refractivity contribution is 7.89. The summed E-state index contributed by atoms with van der Waals surface area (Å²) in [5, 5.41) is 3.67. The summed E-state index contributed by atoms with van der Waals surface area (Å²) in [4.78, 5) is 12.7. The number of nitrogens with one attached hydrogen (secondary N) is 1. The highest BCUT2D eigenvalue weighted by Crippen LogP contribution is 2.24. The molecule has 0 aromatic heterocycles. The number of Topliss-reactive ketones (excluding diaryl/α,β-unsaturated/α-hetero) is 1. The van der Waals surface area contributed by atoms with Gasteiger partial charge in [0.15, 0.2) is 5.78 Å². The van der Waals surface area contributed by atoms with Crippen molar-refractivity contribution in [1.82, 2.24) is 4.31 Å². The Bertz CT molecular complexity index is 967. The van der Waals surface area contributed by atoms with E-state index in [1.807, 2.05) is 19.1 Å². The lowest BCUT2D eigenvalue weighted by atomic mass is 10.0. The molecule has 1 aliphatic heterocycles. The summed E-state index contributed by atoms with van der Waals surface area (Å²) in [5.74, 6) is 0.363. The molecular formula is C21H25ClN2O3S. The van der Waals surface area contributed by atoms with Crippen LogP contribution in [0.2, 0.25) is 5.02 Å². The van der Waals surface area contributed by atoms with E-state index in [-0.39, 0.29) is 17.2 Å². The summed E-state index contributed by atoms with van der Waals surface area (Å²) in [7, 11) is -3.58. The number of rotatable bonds is 6. The maximum absolute atomic E-state index is 12.9. The van der Waals surface area contributed by atoms with Crippen LogP contribution in [0.4, 0.5) is 5.69 Å². The van der Waals surface area contributed by atoms with Gasteiger partial charge in [-0.25, -0.2) is 8.42 Å². The lowest BCUT2D eigenvalue weighted by Gasteiger charge is -2.29. The standard InChI is InChI=1S/C21H25ClN2O3S/c1-15-8-10-24(11-9-15)28(26,27)19-5-3-4-17(12-19)21(25)14-23-18-7-6-16(2)20(22)13-18/h3-7,12-13,15,23H,8-11,14H2,1-2H3. The lowest BCUT2D eigenvalue weighted by Crippen LogP contribution is -2.37. The molecule has 2 aromatic carbocycles. The van der Waals surface area contributed by atoms with Gasteiger partial charge in [0, 0.05) is 29.4 Å². The Hall–Kier alpha value is -1.89. The second kappa shape index (κ2) is 8.64. The van der Waals surface area contributed by atoms with Crippen molar-refractivity contribution >= 4 is 33.1 Å². The normalized spacial score (nSPS) is 16.1. The molecule has 1 aliphatic rings. The first-order chi connectivity index (χ1) is 13.3. The molecule has 7 heteroatoms. The fourth-order valence-corrected chi connectivity index (χ4v) is 4.89. The van der Waals surface area contributed by atoms with Crippen LogP contribution in [-0.2, 0) is 10.0 Å². The lowest BCUT2D eigenvalue weighted by molar-refractivity contribution is 0.101. The van der Waals surface area contributed by atoms with E-state index in [2.05, 4.69) is 12.2 Å². The average molecular weight is 421 g/mol. The molecule has 1 N–H and O–H groups in total. The van der Waals surface area contributed by atoms with Gasteiger partial charge in [0.25, 0.3) is 0 Å². The van der Waals surface area contributed by atoms with Crippen LogP contribution in [0.1, 0.15) is 35.7 Å². The highest BCUT2D eigenvalue weighted by Gasteiger charge is 2.28. The summed E-state index contributed by atoms with van der Waals surface area (Å²) in [5.41, 5.74) is 2.08. The van der Waals surface area contributed by atoms with E-state index in [1.54, 1.807) is 24.3 Å². The van der Waals surface area contributed by atoms with Crippen LogP contribution in [0.15, 0.2) is 47.4 Å². The van der Waals surface area contributed by atoms with Crippen LogP contribution in [0, 0.1) is 12.8 Å². The van der Waals surface area contributed by atoms with Gasteiger partial charge in [0.1, 0.15) is 0 Å². The first kappa shape index (κ1) is 20.8. The Kier molecular flexibility index (Phi) is 6.43. The van der Waals surface area contributed by atoms with E-state index in [0.717, 1.165) is 24.1 Å². The van der Waals surface area contributed by atoms with Crippen LogP contribution in [0.3, 0.4) is 0 Å². The van der Waals surface area contributed by atoms with Gasteiger partial charge in [0.2, 0.25) is 10.0 Å². The molecule has 3 rings (SSSR count). The molecule has 0 amide bonds. The number of sulfonamides is 1. The number of piperidine rings is 1. The fraction of sp³-hybridized carbons (Fsp3) is 0.381. The Morgan fingerprint density at radius 2 is 1.89 bits per heavy atom. The SMILES string of the molecule is Cc1ccc(NCC(=O)c2cccc(S(=O)(=O)N3CCC(C)CC3)c2)cc1Cl. The number of anilines is 1. The minimum atomic E-state index is -3.58. The van der Waals surface area contributed by atoms with Crippen molar-refractivity contribution in [3.05, 3.63) is 58.6 Å². The van der Waals surface area contributed by atoms with Crippen molar-refractivity contribution in [3.63, 3.8) is 0 Å². The smallest absolute Gasteiger partial charge is 0.243 e. The number of carbonyl (C=O) groups excluding carboxylic acids is 1. The summed E-state index contributed by atoms with van der Waals surface area (Å²) in [6.45, 7) is 5.16. The van der Waals surface area contributed by atoms with E-state index >= 15 is 0 Å². The first-order valence-electron chi connectivity index (χ1n) is 9.41. The van der Waals surface area contributed by atoms with Gasteiger partial charge in [0.05, 0.1) is 11.4 Å². The van der Waals surface area contributed by atoms with Gasteiger partial charge in [-0.05, 0) is 55.5 Å². The molecule has 5 nitrogen and oxygen atoms in total. The molecule has 28 heavy (non-hydrogen) atoms. The third-order valence-electron chi connectivity index (χ3n) is 5.16. The molecule has 1 saturated heterocycles. The molecule has 0 unspecified atom stereocenters. The van der Waals surface area contributed by atoms with E-state index in [0.29, 0.717) is 29.6 Å². The van der Waals surface area contributed by atoms with Gasteiger partial charge >= 0.3 is 0 Å². The summed E-state index contributed by atoms with van der Waals surface area (Å²) in [6.07, 6.45) is 1.72. The van der Waals surface area contributed by atoms with Crippen molar-refractivity contribution in [3.8, 4) is 0 Å². The molecule has 0 spiro atoms. The largest absolute Gasteiger partial charge is 0.378 e. The topological polar surface area (TPSA) is 66.5 Å². The number of hydrogen-bond acceptors (Lipinski definition) is 4. The van der Waals surface area contributed by atoms with Crippen LogP contribution in [0.25, 0.3) is 0 Å². The number of aryl methyl sites for hydroxylation is 1. The van der Waals surface area contributed by atoms with Crippen LogP contribution in [-0.4, -0.2) is 38.1 Å². The molecule has 1 heterocycles. The summed E-state index contributed by atoms with van der Waals surface area (Å²) in [6, 6.07) is 11.8. The molecule has 0 radical (unpaired) electrons. The number of ketones is 1. The highest BCUT2D eigenvalue weighted by atomic mass is 35.5. The Morgan fingerprint density at radius 1 is 1.18 bits per heavy atom. The molecule has 1 fully saturated rings. The molecular weight excluding hydrogens is 396 g/mol. The maximum Gasteiger partial charge on any atom is 0.243 e. The van der Waals surface area contributed by atoms with Gasteiger partial charge in [-0.15, -0.1) is 0 Å². The number of benzene rings is 2. The van der Waals surface area contributed by atoms with Gasteiger partial charge in [-0.1, -0.05) is 36.7 Å². The summed E-state index contributed by atoms with van der Waals surface area (Å²) < 4.78 is 27.3. The molecule has 0 atom stereocenters. The van der Waals surface area contributed by atoms with E-state index < -0.39 is 10.0 Å². The van der Waals surface area contributed by atoms with Gasteiger partial charge in [-0.3, -0.25) is 4.79 Å². The van der Waals surface area contributed by atoms with Gasteiger partial charge in [-0.2, -0.15) is 4.31 Å². The zero-order valence-electron chi connectivity index (χ0n) is 16.1. The van der Waals surface area contributed by atoms with Crippen molar-refractivity contribution in [2.24, 2.45) is 5.92 Å². The molecule has 0 saturated carbocycles. The zero-order chi connectivity index (χ0) is 20.3. The van der Waals surface area contributed by atoms with Crippen LogP contribution >= 0.6 is 11.6 Å². The minimum Gasteiger partial charge on any atom is -0.378 e. The van der Waals surface area contributed by atoms with E-state index in [9.17, 15) is 13.2 Å². The molecule has 150 valence electrons. The number of nitrogens with zero attached hydrogens (tertiary/aromatic N) is 1. The minimum absolute atomic E-state index is 0.0596. The Labute approximate surface area is 171 Å². The monoisotopic (exact) mass is 420 g/mol. The second-order valence-electron chi connectivity index (χ2n) is 7.36. The first-order valence-corrected chi connectivity index (χ1v) is 11.2. The molecule has 0 bridgehead atoms. The maximum atomic E-state index is 12.9. The van der Waals surface area contributed by atoms with Crippen molar-refractivity contribution in [2.75, 3.05) is 25.0 Å². The van der Waals surface area contributed by atoms with Crippen LogP contribution in [0.5, 0.6) is 0 Å². The quantitative estimate of drug-likeness (QED) is 0.705. The average Bonchev–Trinajstić information content (AvgIpc) is 2.69. The van der Waals surface area contributed by atoms with Gasteiger partial charge < -0.3 is 5.32 Å². The third-order valence-corrected chi connectivity index (χ3v) is 7.46. The number of halogens is 1. The number of carbonyl (C=O) groups is 1. The van der Waals surface area contributed by atoms with E-state index in [1.165, 1.54) is 10.4 Å². The second-order valence-corrected chi connectivity index (χ2v) is 9.70.